The first-order valence-electron chi connectivity index (χ1n) is 7.77. The highest BCUT2D eigenvalue weighted by atomic mass is 16.3. The van der Waals surface area contributed by atoms with E-state index in [1.807, 2.05) is 42.5 Å². The molecule has 0 radical (unpaired) electrons. The summed E-state index contributed by atoms with van der Waals surface area (Å²) in [4.78, 5) is 14.3. The normalized spacial score (nSPS) is 10.7. The molecule has 0 bridgehead atoms. The predicted molar refractivity (Wildman–Crippen MR) is 92.9 cm³/mol. The molecule has 1 amide bonds. The van der Waals surface area contributed by atoms with E-state index in [1.165, 1.54) is 5.69 Å². The van der Waals surface area contributed by atoms with E-state index in [-0.39, 0.29) is 5.91 Å². The molecule has 1 heterocycles. The lowest BCUT2D eigenvalue weighted by Gasteiger charge is -2.19. The number of amides is 1. The lowest BCUT2D eigenvalue weighted by atomic mass is 10.2. The molecule has 0 atom stereocenters. The number of anilines is 1. The molecule has 4 nitrogen and oxygen atoms in total. The van der Waals surface area contributed by atoms with Crippen LogP contribution in [0.2, 0.25) is 0 Å². The van der Waals surface area contributed by atoms with Crippen molar-refractivity contribution in [1.82, 2.24) is 5.32 Å². The van der Waals surface area contributed by atoms with Crippen molar-refractivity contribution in [3.05, 3.63) is 66.4 Å². The average Bonchev–Trinajstić information content (AvgIpc) is 3.03. The fraction of sp³-hybridized carbons (Fsp3) is 0.211. The van der Waals surface area contributed by atoms with Crippen LogP contribution in [0.25, 0.3) is 11.0 Å². The van der Waals surface area contributed by atoms with Crippen LogP contribution >= 0.6 is 0 Å². The van der Waals surface area contributed by atoms with Gasteiger partial charge in [-0.2, -0.15) is 0 Å². The highest BCUT2D eigenvalue weighted by molar-refractivity contribution is 5.96. The molecule has 1 aromatic heterocycles. The van der Waals surface area contributed by atoms with Crippen molar-refractivity contribution < 1.29 is 9.21 Å². The summed E-state index contributed by atoms with van der Waals surface area (Å²) >= 11 is 0. The minimum atomic E-state index is -0.163. The molecule has 0 aliphatic carbocycles. The van der Waals surface area contributed by atoms with Crippen molar-refractivity contribution in [3.8, 4) is 0 Å². The van der Waals surface area contributed by atoms with E-state index in [4.69, 9.17) is 4.42 Å². The zero-order chi connectivity index (χ0) is 16.1. The Bertz CT molecular complexity index is 747. The van der Waals surface area contributed by atoms with Gasteiger partial charge in [0.1, 0.15) is 5.58 Å². The van der Waals surface area contributed by atoms with Crippen molar-refractivity contribution in [2.75, 3.05) is 25.0 Å². The summed E-state index contributed by atoms with van der Waals surface area (Å²) in [7, 11) is 2.05. The van der Waals surface area contributed by atoms with Gasteiger partial charge in [0.05, 0.1) is 0 Å². The Kier molecular flexibility index (Phi) is 4.62. The summed E-state index contributed by atoms with van der Waals surface area (Å²) in [5, 5.41) is 3.85. The zero-order valence-corrected chi connectivity index (χ0v) is 13.2. The van der Waals surface area contributed by atoms with E-state index in [0.717, 1.165) is 23.9 Å². The highest BCUT2D eigenvalue weighted by Crippen LogP contribution is 2.18. The van der Waals surface area contributed by atoms with E-state index in [2.05, 4.69) is 29.4 Å². The molecule has 0 aliphatic heterocycles. The maximum absolute atomic E-state index is 12.1. The van der Waals surface area contributed by atoms with Crippen LogP contribution in [0.1, 0.15) is 17.0 Å². The van der Waals surface area contributed by atoms with Gasteiger partial charge in [-0.15, -0.1) is 0 Å². The number of rotatable bonds is 6. The van der Waals surface area contributed by atoms with Crippen LogP contribution in [0, 0.1) is 0 Å². The van der Waals surface area contributed by atoms with Gasteiger partial charge in [-0.1, -0.05) is 36.4 Å². The van der Waals surface area contributed by atoms with Gasteiger partial charge >= 0.3 is 0 Å². The number of hydrogen-bond donors (Lipinski definition) is 1. The SMILES string of the molecule is CN(CCCNC(=O)c1cc2ccccc2o1)c1ccccc1. The minimum absolute atomic E-state index is 0.163. The van der Waals surface area contributed by atoms with Gasteiger partial charge in [0.2, 0.25) is 0 Å². The Morgan fingerprint density at radius 1 is 1.09 bits per heavy atom. The molecule has 3 rings (SSSR count). The Morgan fingerprint density at radius 3 is 2.61 bits per heavy atom. The molecular formula is C19H20N2O2. The van der Waals surface area contributed by atoms with Crippen LogP contribution in [-0.4, -0.2) is 26.0 Å². The second-order valence-electron chi connectivity index (χ2n) is 5.52. The smallest absolute Gasteiger partial charge is 0.287 e. The maximum atomic E-state index is 12.1. The molecule has 2 aromatic carbocycles. The topological polar surface area (TPSA) is 45.5 Å². The number of fused-ring (bicyclic) bond motifs is 1. The number of nitrogens with one attached hydrogen (secondary N) is 1. The molecule has 3 aromatic rings. The van der Waals surface area contributed by atoms with Gasteiger partial charge in [-0.05, 0) is 30.7 Å². The van der Waals surface area contributed by atoms with E-state index in [0.29, 0.717) is 12.3 Å². The molecule has 0 spiro atoms. The number of furan rings is 1. The Morgan fingerprint density at radius 2 is 1.83 bits per heavy atom. The second kappa shape index (κ2) is 7.01. The van der Waals surface area contributed by atoms with Crippen LogP contribution in [0.15, 0.2) is 65.1 Å². The predicted octanol–water partition coefficient (Wildman–Crippen LogP) is 3.69. The summed E-state index contributed by atoms with van der Waals surface area (Å²) in [6, 6.07) is 19.6. The van der Waals surface area contributed by atoms with Gasteiger partial charge in [-0.25, -0.2) is 0 Å². The first kappa shape index (κ1) is 15.2. The summed E-state index contributed by atoms with van der Waals surface area (Å²) in [5.74, 6) is 0.200. The third kappa shape index (κ3) is 3.72. The molecule has 1 N–H and O–H groups in total. The van der Waals surface area contributed by atoms with Crippen molar-refractivity contribution in [2.24, 2.45) is 0 Å². The van der Waals surface area contributed by atoms with Crippen LogP contribution in [0.4, 0.5) is 5.69 Å². The zero-order valence-electron chi connectivity index (χ0n) is 13.2. The number of carbonyl (C=O) groups is 1. The van der Waals surface area contributed by atoms with E-state index in [9.17, 15) is 4.79 Å². The molecule has 0 unspecified atom stereocenters. The standard InChI is InChI=1S/C19H20N2O2/c1-21(16-9-3-2-4-10-16)13-7-12-20-19(22)18-14-15-8-5-6-11-17(15)23-18/h2-6,8-11,14H,7,12-13H2,1H3,(H,20,22). The number of nitrogens with zero attached hydrogens (tertiary/aromatic N) is 1. The maximum Gasteiger partial charge on any atom is 0.287 e. The number of carbonyl (C=O) groups excluding carboxylic acids is 1. The molecule has 0 saturated carbocycles. The van der Waals surface area contributed by atoms with E-state index in [1.54, 1.807) is 6.07 Å². The number of benzene rings is 2. The lowest BCUT2D eigenvalue weighted by Crippen LogP contribution is -2.27. The van der Waals surface area contributed by atoms with Gasteiger partial charge in [-0.3, -0.25) is 4.79 Å². The number of hydrogen-bond acceptors (Lipinski definition) is 3. The fourth-order valence-corrected chi connectivity index (χ4v) is 2.51. The minimum Gasteiger partial charge on any atom is -0.451 e. The van der Waals surface area contributed by atoms with Crippen LogP contribution in [0.5, 0.6) is 0 Å². The molecular weight excluding hydrogens is 288 g/mol. The fourth-order valence-electron chi connectivity index (χ4n) is 2.51. The Hall–Kier alpha value is -2.75. The number of para-hydroxylation sites is 2. The van der Waals surface area contributed by atoms with Gasteiger partial charge in [0.15, 0.2) is 5.76 Å². The van der Waals surface area contributed by atoms with Crippen LogP contribution in [-0.2, 0) is 0 Å². The summed E-state index contributed by atoms with van der Waals surface area (Å²) in [5.41, 5.74) is 1.91. The van der Waals surface area contributed by atoms with Crippen molar-refractivity contribution in [3.63, 3.8) is 0 Å². The van der Waals surface area contributed by atoms with Crippen LogP contribution in [0.3, 0.4) is 0 Å². The third-order valence-corrected chi connectivity index (χ3v) is 3.80. The Labute approximate surface area is 135 Å². The van der Waals surface area contributed by atoms with Gasteiger partial charge in [0, 0.05) is 31.2 Å². The summed E-state index contributed by atoms with van der Waals surface area (Å²) in [6.45, 7) is 1.50. The first-order chi connectivity index (χ1) is 11.2. The van der Waals surface area contributed by atoms with Gasteiger partial charge < -0.3 is 14.6 Å². The average molecular weight is 308 g/mol. The lowest BCUT2D eigenvalue weighted by molar-refractivity contribution is 0.0928. The molecule has 0 aliphatic rings. The van der Waals surface area contributed by atoms with Crippen molar-refractivity contribution in [2.45, 2.75) is 6.42 Å². The molecule has 0 fully saturated rings. The monoisotopic (exact) mass is 308 g/mol. The second-order valence-corrected chi connectivity index (χ2v) is 5.52. The van der Waals surface area contributed by atoms with E-state index >= 15 is 0 Å². The largest absolute Gasteiger partial charge is 0.451 e. The molecule has 0 saturated heterocycles. The molecule has 23 heavy (non-hydrogen) atoms. The van der Waals surface area contributed by atoms with Crippen molar-refractivity contribution in [1.29, 1.82) is 0 Å². The summed E-state index contributed by atoms with van der Waals surface area (Å²) in [6.07, 6.45) is 0.872. The molecule has 4 heteroatoms. The highest BCUT2D eigenvalue weighted by Gasteiger charge is 2.11. The summed E-state index contributed by atoms with van der Waals surface area (Å²) < 4.78 is 5.55. The van der Waals surface area contributed by atoms with E-state index < -0.39 is 0 Å². The van der Waals surface area contributed by atoms with Crippen LogP contribution < -0.4 is 10.2 Å². The quantitative estimate of drug-likeness (QED) is 0.706. The molecule has 118 valence electrons. The van der Waals surface area contributed by atoms with Crippen molar-refractivity contribution >= 4 is 22.6 Å². The Balaban J connectivity index is 1.48. The van der Waals surface area contributed by atoms with Gasteiger partial charge in [0.25, 0.3) is 5.91 Å². The third-order valence-electron chi connectivity index (χ3n) is 3.80. The first-order valence-corrected chi connectivity index (χ1v) is 7.77.